The Morgan fingerprint density at radius 2 is 1.65 bits per heavy atom. The number of anilines is 1. The smallest absolute Gasteiger partial charge is 0.257 e. The number of hydrogen-bond donors (Lipinski definition) is 1. The summed E-state index contributed by atoms with van der Waals surface area (Å²) in [5, 5.41) is 5.63. The van der Waals surface area contributed by atoms with Crippen LogP contribution in [0, 0.1) is 0 Å². The maximum absolute atomic E-state index is 13.6. The lowest BCUT2D eigenvalue weighted by atomic mass is 10.1. The number of nitrogens with zero attached hydrogens (tertiary/aromatic N) is 2. The fraction of sp³-hybridized carbons (Fsp3) is 0.192. The summed E-state index contributed by atoms with van der Waals surface area (Å²) in [5.74, 6) is -0.798. The molecule has 3 aromatic carbocycles. The molecule has 4 rings (SSSR count). The molecule has 1 saturated heterocycles. The maximum Gasteiger partial charge on any atom is 0.257 e. The molecule has 37 heavy (non-hydrogen) atoms. The Kier molecular flexibility index (Phi) is 7.63. The third-order valence-electron chi connectivity index (χ3n) is 6.07. The van der Waals surface area contributed by atoms with Gasteiger partial charge in [-0.2, -0.15) is 0 Å². The molecule has 1 aliphatic rings. The van der Waals surface area contributed by atoms with Gasteiger partial charge in [0.15, 0.2) is 0 Å². The van der Waals surface area contributed by atoms with E-state index in [1.165, 1.54) is 24.1 Å². The first kappa shape index (κ1) is 26.3. The summed E-state index contributed by atoms with van der Waals surface area (Å²) in [6, 6.07) is 17.7. The first-order valence-corrected chi connectivity index (χ1v) is 13.2. The largest absolute Gasteiger partial charge is 0.497 e. The van der Waals surface area contributed by atoms with Gasteiger partial charge in [-0.25, -0.2) is 18.5 Å². The highest BCUT2D eigenvalue weighted by Gasteiger charge is 2.44. The van der Waals surface area contributed by atoms with Crippen LogP contribution in [-0.4, -0.2) is 50.7 Å². The maximum atomic E-state index is 13.6. The second-order valence-electron chi connectivity index (χ2n) is 8.43. The molecular formula is C26H24ClN3O6S. The molecular weight excluding hydrogens is 518 g/mol. The Morgan fingerprint density at radius 1 is 1.03 bits per heavy atom. The van der Waals surface area contributed by atoms with Crippen molar-refractivity contribution in [1.82, 2.24) is 4.90 Å². The molecule has 0 aromatic heterocycles. The Morgan fingerprint density at radius 3 is 2.22 bits per heavy atom. The third-order valence-corrected chi connectivity index (χ3v) is 7.26. The predicted molar refractivity (Wildman–Crippen MR) is 138 cm³/mol. The van der Waals surface area contributed by atoms with Crippen molar-refractivity contribution in [3.05, 3.63) is 88.9 Å². The fourth-order valence-electron chi connectivity index (χ4n) is 4.11. The number of carbonyl (C=O) groups is 3. The molecule has 1 atom stereocenters. The number of amides is 3. The number of sulfonamides is 1. The highest BCUT2D eigenvalue weighted by atomic mass is 35.5. The van der Waals surface area contributed by atoms with Gasteiger partial charge in [-0.3, -0.25) is 14.4 Å². The van der Waals surface area contributed by atoms with Crippen LogP contribution in [0.15, 0.2) is 77.7 Å². The van der Waals surface area contributed by atoms with E-state index in [1.807, 2.05) is 0 Å². The lowest BCUT2D eigenvalue weighted by Gasteiger charge is -2.28. The van der Waals surface area contributed by atoms with Crippen LogP contribution in [0.5, 0.6) is 5.75 Å². The molecule has 11 heteroatoms. The summed E-state index contributed by atoms with van der Waals surface area (Å²) >= 11 is 5.94. The number of halogens is 1. The molecule has 192 valence electrons. The average molecular weight is 542 g/mol. The van der Waals surface area contributed by atoms with Crippen LogP contribution in [0.25, 0.3) is 0 Å². The summed E-state index contributed by atoms with van der Waals surface area (Å²) in [7, 11) is -2.33. The van der Waals surface area contributed by atoms with Crippen LogP contribution in [-0.2, 0) is 26.0 Å². The van der Waals surface area contributed by atoms with E-state index in [9.17, 15) is 22.8 Å². The monoisotopic (exact) mass is 541 g/mol. The van der Waals surface area contributed by atoms with Gasteiger partial charge in [0, 0.05) is 17.1 Å². The van der Waals surface area contributed by atoms with E-state index >= 15 is 0 Å². The number of hydrogen-bond acceptors (Lipinski definition) is 6. The van der Waals surface area contributed by atoms with Gasteiger partial charge in [-0.15, -0.1) is 0 Å². The topological polar surface area (TPSA) is 127 Å². The van der Waals surface area contributed by atoms with Crippen molar-refractivity contribution < 1.29 is 27.5 Å². The number of ether oxygens (including phenoxy) is 1. The van der Waals surface area contributed by atoms with Crippen molar-refractivity contribution in [3.63, 3.8) is 0 Å². The van der Waals surface area contributed by atoms with E-state index in [-0.39, 0.29) is 17.9 Å². The van der Waals surface area contributed by atoms with Crippen LogP contribution in [0.3, 0.4) is 0 Å². The Balaban J connectivity index is 1.62. The third kappa shape index (κ3) is 5.82. The highest BCUT2D eigenvalue weighted by Crippen LogP contribution is 2.28. The summed E-state index contributed by atoms with van der Waals surface area (Å²) < 4.78 is 28.2. The standard InChI is InChI=1S/C26H24ClN3O6S/c1-36-21-10-4-18(5-11-21)25(32)29(15-14-17-2-12-22(13-3-17)37(28,34)35)23-16-24(31)30(26(23)33)20-8-6-19(27)7-9-20/h2-13,23H,14-16H2,1H3,(H2,28,34,35). The molecule has 0 radical (unpaired) electrons. The first-order chi connectivity index (χ1) is 17.6. The van der Waals surface area contributed by atoms with Crippen molar-refractivity contribution in [3.8, 4) is 5.75 Å². The SMILES string of the molecule is COc1ccc(C(=O)N(CCc2ccc(S(N)(=O)=O)cc2)C2CC(=O)N(c3ccc(Cl)cc3)C2=O)cc1. The van der Waals surface area contributed by atoms with E-state index in [0.29, 0.717) is 28.4 Å². The van der Waals surface area contributed by atoms with E-state index in [4.69, 9.17) is 21.5 Å². The van der Waals surface area contributed by atoms with Crippen molar-refractivity contribution in [2.24, 2.45) is 5.14 Å². The molecule has 3 aromatic rings. The highest BCUT2D eigenvalue weighted by molar-refractivity contribution is 7.89. The van der Waals surface area contributed by atoms with Gasteiger partial charge in [-0.1, -0.05) is 23.7 Å². The molecule has 1 fully saturated rings. The summed E-state index contributed by atoms with van der Waals surface area (Å²) in [6.07, 6.45) is 0.138. The van der Waals surface area contributed by atoms with Crippen LogP contribution in [0.4, 0.5) is 5.69 Å². The molecule has 0 saturated carbocycles. The minimum atomic E-state index is -3.84. The zero-order valence-corrected chi connectivity index (χ0v) is 21.4. The average Bonchev–Trinajstić information content (AvgIpc) is 3.17. The number of rotatable bonds is 8. The van der Waals surface area contributed by atoms with Gasteiger partial charge in [0.2, 0.25) is 15.9 Å². The minimum Gasteiger partial charge on any atom is -0.497 e. The van der Waals surface area contributed by atoms with Gasteiger partial charge in [-0.05, 0) is 72.6 Å². The zero-order valence-electron chi connectivity index (χ0n) is 19.8. The summed E-state index contributed by atoms with van der Waals surface area (Å²) in [6.45, 7) is 0.109. The molecule has 1 aliphatic heterocycles. The van der Waals surface area contributed by atoms with Gasteiger partial charge in [0.25, 0.3) is 11.8 Å². The molecule has 1 unspecified atom stereocenters. The Hall–Kier alpha value is -3.73. The first-order valence-electron chi connectivity index (χ1n) is 11.3. The van der Waals surface area contributed by atoms with Crippen LogP contribution in [0.1, 0.15) is 22.3 Å². The molecule has 2 N–H and O–H groups in total. The van der Waals surface area contributed by atoms with E-state index < -0.39 is 33.8 Å². The van der Waals surface area contributed by atoms with E-state index in [1.54, 1.807) is 60.7 Å². The van der Waals surface area contributed by atoms with Gasteiger partial charge in [0.05, 0.1) is 24.1 Å². The Labute approximate surface area is 219 Å². The molecule has 9 nitrogen and oxygen atoms in total. The second kappa shape index (κ2) is 10.7. The Bertz CT molecular complexity index is 1420. The summed E-state index contributed by atoms with van der Waals surface area (Å²) in [5.41, 5.74) is 1.43. The van der Waals surface area contributed by atoms with Gasteiger partial charge < -0.3 is 9.64 Å². The van der Waals surface area contributed by atoms with Crippen molar-refractivity contribution >= 4 is 45.0 Å². The molecule has 0 aliphatic carbocycles. The van der Waals surface area contributed by atoms with Crippen molar-refractivity contribution in [2.75, 3.05) is 18.6 Å². The number of nitrogens with two attached hydrogens (primary N) is 1. The molecule has 3 amide bonds. The van der Waals surface area contributed by atoms with Crippen LogP contribution < -0.4 is 14.8 Å². The van der Waals surface area contributed by atoms with Gasteiger partial charge in [0.1, 0.15) is 11.8 Å². The fourth-order valence-corrected chi connectivity index (χ4v) is 4.76. The number of carbonyl (C=O) groups excluding carboxylic acids is 3. The minimum absolute atomic E-state index is 0.0300. The lowest BCUT2D eigenvalue weighted by molar-refractivity contribution is -0.122. The lowest BCUT2D eigenvalue weighted by Crippen LogP contribution is -2.46. The number of benzene rings is 3. The zero-order chi connectivity index (χ0) is 26.7. The second-order valence-corrected chi connectivity index (χ2v) is 10.4. The summed E-state index contributed by atoms with van der Waals surface area (Å²) in [4.78, 5) is 42.3. The van der Waals surface area contributed by atoms with Crippen LogP contribution >= 0.6 is 11.6 Å². The van der Waals surface area contributed by atoms with Crippen molar-refractivity contribution in [1.29, 1.82) is 0 Å². The van der Waals surface area contributed by atoms with Crippen molar-refractivity contribution in [2.45, 2.75) is 23.8 Å². The number of primary sulfonamides is 1. The van der Waals surface area contributed by atoms with E-state index in [2.05, 4.69) is 0 Å². The molecule has 1 heterocycles. The van der Waals surface area contributed by atoms with E-state index in [0.717, 1.165) is 10.5 Å². The molecule has 0 bridgehead atoms. The normalized spacial score (nSPS) is 15.6. The van der Waals surface area contributed by atoms with Gasteiger partial charge >= 0.3 is 0 Å². The predicted octanol–water partition coefficient (Wildman–Crippen LogP) is 3.01. The molecule has 0 spiro atoms. The quantitative estimate of drug-likeness (QED) is 0.437. The van der Waals surface area contributed by atoms with Crippen LogP contribution in [0.2, 0.25) is 5.02 Å². The number of imide groups is 1. The number of methoxy groups -OCH3 is 1.